The molecule has 0 aliphatic heterocycles. The summed E-state index contributed by atoms with van der Waals surface area (Å²) in [5, 5.41) is 0. The number of rotatable bonds is 5. The van der Waals surface area contributed by atoms with Crippen LogP contribution in [0.25, 0.3) is 0 Å². The van der Waals surface area contributed by atoms with Crippen molar-refractivity contribution in [2.24, 2.45) is 11.1 Å². The average molecular weight is 249 g/mol. The zero-order valence-corrected chi connectivity index (χ0v) is 11.5. The highest BCUT2D eigenvalue weighted by molar-refractivity contribution is 5.30. The largest absolute Gasteiger partial charge is 0.321 e. The van der Waals surface area contributed by atoms with Gasteiger partial charge in [0.25, 0.3) is 0 Å². The van der Waals surface area contributed by atoms with E-state index in [2.05, 4.69) is 13.8 Å². The molecule has 2 rings (SSSR count). The molecule has 1 aromatic rings. The third-order valence-electron chi connectivity index (χ3n) is 4.35. The summed E-state index contributed by atoms with van der Waals surface area (Å²) in [6, 6.07) is 6.97. The standard InChI is InChI=1S/C16H24FN/c1-3-9-15(10-4-2)11-16(18,12-15)13-7-5-6-8-14(13)17/h5-8H,3-4,9-12,18H2,1-2H3. The van der Waals surface area contributed by atoms with Crippen molar-refractivity contribution in [1.29, 1.82) is 0 Å². The second-order valence-corrected chi connectivity index (χ2v) is 5.99. The molecule has 1 fully saturated rings. The lowest BCUT2D eigenvalue weighted by Gasteiger charge is -2.55. The van der Waals surface area contributed by atoms with Gasteiger partial charge in [-0.05, 0) is 37.2 Å². The van der Waals surface area contributed by atoms with Crippen molar-refractivity contribution < 1.29 is 4.39 Å². The van der Waals surface area contributed by atoms with Gasteiger partial charge in [0.05, 0.1) is 0 Å². The normalized spacial score (nSPS) is 20.4. The van der Waals surface area contributed by atoms with Crippen LogP contribution in [0.5, 0.6) is 0 Å². The van der Waals surface area contributed by atoms with E-state index >= 15 is 0 Å². The van der Waals surface area contributed by atoms with E-state index in [9.17, 15) is 4.39 Å². The highest BCUT2D eigenvalue weighted by Crippen LogP contribution is 2.57. The molecule has 1 aliphatic rings. The Morgan fingerprint density at radius 1 is 1.11 bits per heavy atom. The Balaban J connectivity index is 2.16. The van der Waals surface area contributed by atoms with E-state index in [1.54, 1.807) is 6.07 Å². The van der Waals surface area contributed by atoms with Crippen molar-refractivity contribution in [2.75, 3.05) is 0 Å². The third-order valence-corrected chi connectivity index (χ3v) is 4.35. The summed E-state index contributed by atoms with van der Waals surface area (Å²) in [7, 11) is 0. The molecule has 2 N–H and O–H groups in total. The minimum Gasteiger partial charge on any atom is -0.321 e. The Kier molecular flexibility index (Phi) is 3.76. The van der Waals surface area contributed by atoms with Crippen LogP contribution in [0.15, 0.2) is 24.3 Å². The van der Waals surface area contributed by atoms with E-state index in [-0.39, 0.29) is 5.82 Å². The van der Waals surface area contributed by atoms with Crippen LogP contribution in [0.4, 0.5) is 4.39 Å². The molecule has 100 valence electrons. The molecule has 0 radical (unpaired) electrons. The molecule has 1 aliphatic carbocycles. The summed E-state index contributed by atoms with van der Waals surface area (Å²) in [6.07, 6.45) is 6.68. The lowest BCUT2D eigenvalue weighted by atomic mass is 9.52. The first-order chi connectivity index (χ1) is 8.55. The Bertz CT molecular complexity index is 399. The van der Waals surface area contributed by atoms with Crippen molar-refractivity contribution in [3.8, 4) is 0 Å². The molecule has 1 aromatic carbocycles. The highest BCUT2D eigenvalue weighted by atomic mass is 19.1. The van der Waals surface area contributed by atoms with Crippen LogP contribution >= 0.6 is 0 Å². The number of benzene rings is 1. The second kappa shape index (κ2) is 5.00. The van der Waals surface area contributed by atoms with Gasteiger partial charge in [0.15, 0.2) is 0 Å². The monoisotopic (exact) mass is 249 g/mol. The molecule has 0 atom stereocenters. The Labute approximate surface area is 110 Å². The fourth-order valence-electron chi connectivity index (χ4n) is 3.88. The van der Waals surface area contributed by atoms with Crippen LogP contribution in [0.1, 0.15) is 57.9 Å². The van der Waals surface area contributed by atoms with Gasteiger partial charge in [0.1, 0.15) is 5.82 Å². The maximum absolute atomic E-state index is 13.8. The quantitative estimate of drug-likeness (QED) is 0.824. The Morgan fingerprint density at radius 3 is 2.17 bits per heavy atom. The first kappa shape index (κ1) is 13.5. The van der Waals surface area contributed by atoms with Crippen LogP contribution in [-0.2, 0) is 5.54 Å². The van der Waals surface area contributed by atoms with Crippen molar-refractivity contribution in [2.45, 2.75) is 57.9 Å². The molecule has 0 aromatic heterocycles. The van der Waals surface area contributed by atoms with Crippen molar-refractivity contribution in [1.82, 2.24) is 0 Å². The van der Waals surface area contributed by atoms with Crippen molar-refractivity contribution in [3.63, 3.8) is 0 Å². The fraction of sp³-hybridized carbons (Fsp3) is 0.625. The van der Waals surface area contributed by atoms with Crippen molar-refractivity contribution in [3.05, 3.63) is 35.6 Å². The number of halogens is 1. The van der Waals surface area contributed by atoms with Gasteiger partial charge in [-0.1, -0.05) is 44.9 Å². The summed E-state index contributed by atoms with van der Waals surface area (Å²) in [6.45, 7) is 4.44. The third kappa shape index (κ3) is 2.31. The molecule has 1 saturated carbocycles. The van der Waals surface area contributed by atoms with Crippen LogP contribution in [0.2, 0.25) is 0 Å². The second-order valence-electron chi connectivity index (χ2n) is 5.99. The predicted molar refractivity (Wildman–Crippen MR) is 73.7 cm³/mol. The van der Waals surface area contributed by atoms with Gasteiger partial charge in [0.2, 0.25) is 0 Å². The molecule has 0 amide bonds. The van der Waals surface area contributed by atoms with Gasteiger partial charge in [-0.15, -0.1) is 0 Å². The lowest BCUT2D eigenvalue weighted by molar-refractivity contribution is 0.00427. The molecule has 0 saturated heterocycles. The lowest BCUT2D eigenvalue weighted by Crippen LogP contribution is -2.55. The topological polar surface area (TPSA) is 26.0 Å². The fourth-order valence-corrected chi connectivity index (χ4v) is 3.88. The van der Waals surface area contributed by atoms with E-state index in [0.29, 0.717) is 11.0 Å². The van der Waals surface area contributed by atoms with Crippen LogP contribution in [-0.4, -0.2) is 0 Å². The molecular formula is C16H24FN. The summed E-state index contributed by atoms with van der Waals surface area (Å²) >= 11 is 0. The van der Waals surface area contributed by atoms with E-state index in [4.69, 9.17) is 5.73 Å². The maximum atomic E-state index is 13.8. The molecule has 2 heteroatoms. The van der Waals surface area contributed by atoms with Gasteiger partial charge in [-0.25, -0.2) is 4.39 Å². The van der Waals surface area contributed by atoms with E-state index < -0.39 is 5.54 Å². The first-order valence-electron chi connectivity index (χ1n) is 7.09. The molecule has 1 nitrogen and oxygen atoms in total. The number of nitrogens with two attached hydrogens (primary N) is 1. The highest BCUT2D eigenvalue weighted by Gasteiger charge is 2.52. The Hall–Kier alpha value is -0.890. The number of hydrogen-bond donors (Lipinski definition) is 1. The zero-order chi connectivity index (χ0) is 13.2. The molecule has 0 heterocycles. The van der Waals surface area contributed by atoms with E-state index in [0.717, 1.165) is 12.8 Å². The summed E-state index contributed by atoms with van der Waals surface area (Å²) < 4.78 is 13.8. The minimum atomic E-state index is -0.435. The molecule has 0 bridgehead atoms. The average Bonchev–Trinajstić information content (AvgIpc) is 2.28. The molecule has 0 spiro atoms. The van der Waals surface area contributed by atoms with Crippen LogP contribution < -0.4 is 5.73 Å². The molecule has 18 heavy (non-hydrogen) atoms. The summed E-state index contributed by atoms with van der Waals surface area (Å²) in [4.78, 5) is 0. The minimum absolute atomic E-state index is 0.151. The van der Waals surface area contributed by atoms with Crippen LogP contribution in [0, 0.1) is 11.2 Å². The molecule has 0 unspecified atom stereocenters. The summed E-state index contributed by atoms with van der Waals surface area (Å²) in [5.74, 6) is -0.151. The SMILES string of the molecule is CCCC1(CCC)CC(N)(c2ccccc2F)C1. The smallest absolute Gasteiger partial charge is 0.128 e. The van der Waals surface area contributed by atoms with Gasteiger partial charge in [-0.2, -0.15) is 0 Å². The first-order valence-corrected chi connectivity index (χ1v) is 7.09. The summed E-state index contributed by atoms with van der Waals surface area (Å²) in [5.41, 5.74) is 7.05. The molecular weight excluding hydrogens is 225 g/mol. The predicted octanol–water partition coefficient (Wildman–Crippen LogP) is 4.36. The van der Waals surface area contributed by atoms with Gasteiger partial charge < -0.3 is 5.73 Å². The zero-order valence-electron chi connectivity index (χ0n) is 11.5. The van der Waals surface area contributed by atoms with Crippen LogP contribution in [0.3, 0.4) is 0 Å². The van der Waals surface area contributed by atoms with Crippen molar-refractivity contribution >= 4 is 0 Å². The van der Waals surface area contributed by atoms with Gasteiger partial charge >= 0.3 is 0 Å². The number of hydrogen-bond acceptors (Lipinski definition) is 1. The maximum Gasteiger partial charge on any atom is 0.128 e. The van der Waals surface area contributed by atoms with E-state index in [1.165, 1.54) is 31.7 Å². The van der Waals surface area contributed by atoms with Gasteiger partial charge in [-0.3, -0.25) is 0 Å². The van der Waals surface area contributed by atoms with Gasteiger partial charge in [0, 0.05) is 11.1 Å². The van der Waals surface area contributed by atoms with E-state index in [1.807, 2.05) is 12.1 Å². The Morgan fingerprint density at radius 2 is 1.67 bits per heavy atom.